The lowest BCUT2D eigenvalue weighted by Gasteiger charge is -2.26. The molecule has 0 radical (unpaired) electrons. The van der Waals surface area contributed by atoms with Gasteiger partial charge in [-0.2, -0.15) is 0 Å². The van der Waals surface area contributed by atoms with Gasteiger partial charge in [-0.15, -0.1) is 0 Å². The number of hydrogen-bond donors (Lipinski definition) is 1. The van der Waals surface area contributed by atoms with Crippen molar-refractivity contribution in [2.24, 2.45) is 5.92 Å². The van der Waals surface area contributed by atoms with E-state index in [0.29, 0.717) is 33.4 Å². The molecule has 2 aromatic carbocycles. The minimum Gasteiger partial charge on any atom is -0.388 e. The molecule has 0 bridgehead atoms. The summed E-state index contributed by atoms with van der Waals surface area (Å²) in [5.41, 5.74) is 1.21. The predicted octanol–water partition coefficient (Wildman–Crippen LogP) is 6.80. The largest absolute Gasteiger partial charge is 0.388 e. The maximum absolute atomic E-state index is 11.7. The van der Waals surface area contributed by atoms with E-state index in [1.165, 1.54) is 6.42 Å². The zero-order chi connectivity index (χ0) is 23.3. The van der Waals surface area contributed by atoms with Crippen LogP contribution in [-0.2, 0) is 9.59 Å². The average molecular weight is 477 g/mol. The standard InChI is InChI=1S/C13H15ClO2.C7H5ClO.C6H10O/c14-11-7-3-1-5-9(11)13(16)10-6-2-4-8-12(10)15;8-7-4-2-1-3-6(7)5-9;7-6-4-2-1-3-5-6/h1,3,5,7,10,13,16H,2,4,6,8H2;1-5H;1-5H2/t10-,13+;;/m1../s1. The summed E-state index contributed by atoms with van der Waals surface area (Å²) in [6, 6.07) is 14.1. The minimum absolute atomic E-state index is 0.165. The van der Waals surface area contributed by atoms with Crippen LogP contribution in [0.25, 0.3) is 0 Å². The molecule has 0 aliphatic heterocycles. The molecule has 1 N–H and O–H groups in total. The number of benzene rings is 2. The molecule has 32 heavy (non-hydrogen) atoms. The number of hydrogen-bond acceptors (Lipinski definition) is 4. The van der Waals surface area contributed by atoms with Crippen LogP contribution in [0.1, 0.15) is 79.8 Å². The lowest BCUT2D eigenvalue weighted by molar-refractivity contribution is -0.128. The Morgan fingerprint density at radius 3 is 1.91 bits per heavy atom. The third-order valence-corrected chi connectivity index (χ3v) is 6.34. The van der Waals surface area contributed by atoms with Gasteiger partial charge in [-0.05, 0) is 43.4 Å². The Hall–Kier alpha value is -2.01. The molecule has 172 valence electrons. The second-order valence-corrected chi connectivity index (χ2v) is 8.84. The summed E-state index contributed by atoms with van der Waals surface area (Å²) in [6.45, 7) is 0. The molecule has 0 heterocycles. The summed E-state index contributed by atoms with van der Waals surface area (Å²) in [7, 11) is 0. The van der Waals surface area contributed by atoms with Gasteiger partial charge in [0.15, 0.2) is 6.29 Å². The molecule has 2 atom stereocenters. The first-order chi connectivity index (χ1) is 15.4. The Kier molecular flexibility index (Phi) is 11.6. The highest BCUT2D eigenvalue weighted by Crippen LogP contribution is 2.34. The Morgan fingerprint density at radius 1 is 0.812 bits per heavy atom. The number of carbonyl (C=O) groups is 3. The lowest BCUT2D eigenvalue weighted by Crippen LogP contribution is -2.25. The summed E-state index contributed by atoms with van der Waals surface area (Å²) in [4.78, 5) is 32.3. The van der Waals surface area contributed by atoms with E-state index in [2.05, 4.69) is 0 Å². The molecule has 2 aliphatic carbocycles. The second kappa shape index (κ2) is 14.2. The van der Waals surface area contributed by atoms with Crippen molar-refractivity contribution in [2.75, 3.05) is 0 Å². The molecule has 2 saturated carbocycles. The summed E-state index contributed by atoms with van der Waals surface area (Å²) in [6.07, 6.45) is 8.55. The van der Waals surface area contributed by atoms with Gasteiger partial charge in [-0.25, -0.2) is 0 Å². The third kappa shape index (κ3) is 8.50. The number of carbonyl (C=O) groups excluding carboxylic acids is 3. The molecule has 2 aliphatic rings. The number of ketones is 2. The molecule has 0 unspecified atom stereocenters. The van der Waals surface area contributed by atoms with Crippen LogP contribution < -0.4 is 0 Å². The van der Waals surface area contributed by atoms with Gasteiger partial charge >= 0.3 is 0 Å². The van der Waals surface area contributed by atoms with Gasteiger partial charge in [0.05, 0.1) is 11.1 Å². The molecular formula is C26H30Cl2O4. The first kappa shape index (κ1) is 26.2. The predicted molar refractivity (Wildman–Crippen MR) is 128 cm³/mol. The van der Waals surface area contributed by atoms with Crippen LogP contribution in [0, 0.1) is 5.92 Å². The van der Waals surface area contributed by atoms with Gasteiger partial charge < -0.3 is 5.11 Å². The van der Waals surface area contributed by atoms with Crippen molar-refractivity contribution >= 4 is 41.1 Å². The van der Waals surface area contributed by atoms with Crippen LogP contribution in [0.5, 0.6) is 0 Å². The smallest absolute Gasteiger partial charge is 0.151 e. The molecule has 0 spiro atoms. The summed E-state index contributed by atoms with van der Waals surface area (Å²) in [5, 5.41) is 11.2. The molecule has 2 fully saturated rings. The monoisotopic (exact) mass is 476 g/mol. The van der Waals surface area contributed by atoms with Crippen molar-refractivity contribution in [1.82, 2.24) is 0 Å². The van der Waals surface area contributed by atoms with Crippen LogP contribution in [0.4, 0.5) is 0 Å². The zero-order valence-corrected chi connectivity index (χ0v) is 19.7. The zero-order valence-electron chi connectivity index (χ0n) is 18.1. The Morgan fingerprint density at radius 2 is 1.41 bits per heavy atom. The van der Waals surface area contributed by atoms with Crippen LogP contribution in [-0.4, -0.2) is 23.0 Å². The number of aliphatic hydroxyl groups is 1. The first-order valence-corrected chi connectivity index (χ1v) is 11.9. The van der Waals surface area contributed by atoms with E-state index in [4.69, 9.17) is 23.2 Å². The fourth-order valence-electron chi connectivity index (χ4n) is 3.79. The number of Topliss-reactive ketones (excluding diaryl/α,β-unsaturated/α-hetero) is 2. The van der Waals surface area contributed by atoms with E-state index in [9.17, 15) is 19.5 Å². The maximum Gasteiger partial charge on any atom is 0.151 e. The molecule has 6 heteroatoms. The van der Waals surface area contributed by atoms with Gasteiger partial charge in [0.1, 0.15) is 11.6 Å². The third-order valence-electron chi connectivity index (χ3n) is 5.65. The van der Waals surface area contributed by atoms with E-state index in [-0.39, 0.29) is 11.7 Å². The van der Waals surface area contributed by atoms with E-state index in [1.54, 1.807) is 36.4 Å². The fraction of sp³-hybridized carbons (Fsp3) is 0.423. The Balaban J connectivity index is 0.000000191. The van der Waals surface area contributed by atoms with Crippen molar-refractivity contribution in [3.8, 4) is 0 Å². The second-order valence-electron chi connectivity index (χ2n) is 8.02. The fourth-order valence-corrected chi connectivity index (χ4v) is 4.22. The highest BCUT2D eigenvalue weighted by Gasteiger charge is 2.30. The number of halogens is 2. The van der Waals surface area contributed by atoms with Crippen LogP contribution in [0.3, 0.4) is 0 Å². The molecule has 0 saturated heterocycles. The van der Waals surface area contributed by atoms with E-state index in [1.807, 2.05) is 12.1 Å². The van der Waals surface area contributed by atoms with Gasteiger partial charge in [0.25, 0.3) is 0 Å². The van der Waals surface area contributed by atoms with Crippen LogP contribution >= 0.6 is 23.2 Å². The Bertz CT molecular complexity index is 889. The van der Waals surface area contributed by atoms with Crippen molar-refractivity contribution in [2.45, 2.75) is 63.9 Å². The van der Waals surface area contributed by atoms with E-state index >= 15 is 0 Å². The summed E-state index contributed by atoms with van der Waals surface area (Å²) in [5.74, 6) is 0.360. The molecular weight excluding hydrogens is 447 g/mol. The normalized spacial score (nSPS) is 19.0. The summed E-state index contributed by atoms with van der Waals surface area (Å²) >= 11 is 11.6. The van der Waals surface area contributed by atoms with Crippen molar-refractivity contribution < 1.29 is 19.5 Å². The minimum atomic E-state index is -0.749. The highest BCUT2D eigenvalue weighted by atomic mass is 35.5. The molecule has 0 aromatic heterocycles. The van der Waals surface area contributed by atoms with Crippen molar-refractivity contribution in [1.29, 1.82) is 0 Å². The van der Waals surface area contributed by atoms with Crippen molar-refractivity contribution in [3.63, 3.8) is 0 Å². The number of aldehydes is 1. The number of rotatable bonds is 3. The Labute approximate surface area is 199 Å². The molecule has 0 amide bonds. The van der Waals surface area contributed by atoms with Crippen molar-refractivity contribution in [3.05, 3.63) is 69.7 Å². The maximum atomic E-state index is 11.7. The molecule has 4 nitrogen and oxygen atoms in total. The van der Waals surface area contributed by atoms with Crippen LogP contribution in [0.15, 0.2) is 48.5 Å². The summed E-state index contributed by atoms with van der Waals surface area (Å²) < 4.78 is 0. The molecule has 2 aromatic rings. The molecule has 4 rings (SSSR count). The van der Waals surface area contributed by atoms with E-state index < -0.39 is 6.10 Å². The van der Waals surface area contributed by atoms with Gasteiger partial charge in [0, 0.05) is 35.8 Å². The van der Waals surface area contributed by atoms with Gasteiger partial charge in [0.2, 0.25) is 0 Å². The first-order valence-electron chi connectivity index (χ1n) is 11.1. The highest BCUT2D eigenvalue weighted by molar-refractivity contribution is 6.32. The topological polar surface area (TPSA) is 71.4 Å². The number of aliphatic hydroxyl groups excluding tert-OH is 1. The van der Waals surface area contributed by atoms with Gasteiger partial charge in [-0.1, -0.05) is 72.4 Å². The van der Waals surface area contributed by atoms with E-state index in [0.717, 1.165) is 51.2 Å². The van der Waals surface area contributed by atoms with Crippen LogP contribution in [0.2, 0.25) is 10.0 Å². The average Bonchev–Trinajstić information content (AvgIpc) is 2.81. The SMILES string of the molecule is O=C1CCCCC1.O=C1CCCC[C@H]1[C@@H](O)c1ccccc1Cl.O=Cc1ccccc1Cl. The lowest BCUT2D eigenvalue weighted by atomic mass is 9.82. The quantitative estimate of drug-likeness (QED) is 0.494. The van der Waals surface area contributed by atoms with Gasteiger partial charge in [-0.3, -0.25) is 14.4 Å².